The Morgan fingerprint density at radius 2 is 1.83 bits per heavy atom. The standard InChI is InChI=1S/C18H20F2O9S/c1-17(5-3-2-4-6-17)29-15(22)11-9-7-8-10(11)14(21)27-12(8)13(9)28-16(23)18(19,20)30(24,25)26/h8-9,12-13H,2-7H2,1H3,(H,24,25,26). The summed E-state index contributed by atoms with van der Waals surface area (Å²) in [6.07, 6.45) is 1.60. The van der Waals surface area contributed by atoms with Gasteiger partial charge in [0.2, 0.25) is 0 Å². The van der Waals surface area contributed by atoms with Crippen LogP contribution >= 0.6 is 0 Å². The van der Waals surface area contributed by atoms with E-state index in [2.05, 4.69) is 4.74 Å². The third-order valence-electron chi connectivity index (χ3n) is 6.39. The number of fused-ring (bicyclic) bond motifs is 1. The average molecular weight is 450 g/mol. The van der Waals surface area contributed by atoms with E-state index in [4.69, 9.17) is 14.0 Å². The number of hydrogen-bond donors (Lipinski definition) is 1. The second-order valence-electron chi connectivity index (χ2n) is 8.41. The van der Waals surface area contributed by atoms with Crippen molar-refractivity contribution in [3.05, 3.63) is 11.1 Å². The summed E-state index contributed by atoms with van der Waals surface area (Å²) in [7, 11) is -6.06. The molecule has 1 aliphatic heterocycles. The van der Waals surface area contributed by atoms with Crippen LogP contribution in [0.1, 0.15) is 45.4 Å². The molecule has 4 atom stereocenters. The smallest absolute Gasteiger partial charge is 0.456 e. The van der Waals surface area contributed by atoms with Crippen molar-refractivity contribution in [1.82, 2.24) is 0 Å². The molecule has 0 aromatic heterocycles. The van der Waals surface area contributed by atoms with E-state index in [0.717, 1.165) is 19.3 Å². The summed E-state index contributed by atoms with van der Waals surface area (Å²) in [5, 5.41) is -5.19. The summed E-state index contributed by atoms with van der Waals surface area (Å²) in [5.41, 5.74) is -0.696. The Morgan fingerprint density at radius 1 is 1.20 bits per heavy atom. The lowest BCUT2D eigenvalue weighted by atomic mass is 9.85. The molecular weight excluding hydrogens is 430 g/mol. The monoisotopic (exact) mass is 450 g/mol. The molecule has 12 heteroatoms. The van der Waals surface area contributed by atoms with Gasteiger partial charge in [-0.3, -0.25) is 4.55 Å². The molecule has 0 spiro atoms. The summed E-state index contributed by atoms with van der Waals surface area (Å²) < 4.78 is 72.9. The van der Waals surface area contributed by atoms with Gasteiger partial charge in [0.25, 0.3) is 0 Å². The van der Waals surface area contributed by atoms with Gasteiger partial charge in [0.1, 0.15) is 17.8 Å². The van der Waals surface area contributed by atoms with E-state index in [1.54, 1.807) is 6.92 Å². The second kappa shape index (κ2) is 6.71. The fourth-order valence-corrected chi connectivity index (χ4v) is 5.21. The fourth-order valence-electron chi connectivity index (χ4n) is 4.95. The van der Waals surface area contributed by atoms with Gasteiger partial charge in [0.05, 0.1) is 11.1 Å². The lowest BCUT2D eigenvalue weighted by Crippen LogP contribution is -2.45. The summed E-state index contributed by atoms with van der Waals surface area (Å²) in [4.78, 5) is 36.9. The minimum absolute atomic E-state index is 0.0708. The van der Waals surface area contributed by atoms with E-state index in [1.807, 2.05) is 0 Å². The molecule has 1 saturated heterocycles. The van der Waals surface area contributed by atoms with Crippen molar-refractivity contribution in [2.45, 2.75) is 68.5 Å². The van der Waals surface area contributed by atoms with Crippen LogP contribution in [-0.4, -0.2) is 53.9 Å². The molecular formula is C18H20F2O9S. The van der Waals surface area contributed by atoms with Crippen LogP contribution in [0.15, 0.2) is 11.1 Å². The summed E-state index contributed by atoms with van der Waals surface area (Å²) in [5.74, 6) is -5.68. The van der Waals surface area contributed by atoms with Crippen LogP contribution in [0.2, 0.25) is 0 Å². The minimum Gasteiger partial charge on any atom is -0.456 e. The minimum atomic E-state index is -6.06. The molecule has 0 aromatic carbocycles. The van der Waals surface area contributed by atoms with Crippen LogP contribution in [0.25, 0.3) is 0 Å². The van der Waals surface area contributed by atoms with E-state index >= 15 is 0 Å². The third kappa shape index (κ3) is 3.11. The number of carbonyl (C=O) groups is 3. The molecule has 1 N–H and O–H groups in total. The second-order valence-corrected chi connectivity index (χ2v) is 9.87. The molecule has 0 amide bonds. The van der Waals surface area contributed by atoms with Gasteiger partial charge in [-0.15, -0.1) is 0 Å². The van der Waals surface area contributed by atoms with Gasteiger partial charge in [-0.1, -0.05) is 6.42 Å². The quantitative estimate of drug-likeness (QED) is 0.376. The van der Waals surface area contributed by atoms with E-state index in [1.165, 1.54) is 0 Å². The highest BCUT2D eigenvalue weighted by Crippen LogP contribution is 2.56. The number of carbonyl (C=O) groups excluding carboxylic acids is 3. The summed E-state index contributed by atoms with van der Waals surface area (Å²) in [6.45, 7) is 1.78. The number of rotatable bonds is 5. The maximum Gasteiger partial charge on any atom is 0.465 e. The first-order valence-electron chi connectivity index (χ1n) is 9.60. The van der Waals surface area contributed by atoms with Gasteiger partial charge < -0.3 is 14.2 Å². The number of halogens is 2. The SMILES string of the molecule is CC1(OC(=O)C2=C3C(=O)OC4C3CC2C4OC(=O)C(F)(F)S(=O)(=O)O)CCCCC1. The Kier molecular flexibility index (Phi) is 4.73. The summed E-state index contributed by atoms with van der Waals surface area (Å²) in [6, 6.07) is 0. The molecule has 3 fully saturated rings. The van der Waals surface area contributed by atoms with Crippen LogP contribution in [0, 0.1) is 11.8 Å². The van der Waals surface area contributed by atoms with Gasteiger partial charge in [-0.05, 0) is 39.0 Å². The van der Waals surface area contributed by atoms with Crippen LogP contribution in [0.4, 0.5) is 8.78 Å². The van der Waals surface area contributed by atoms with Gasteiger partial charge >= 0.3 is 33.3 Å². The normalized spacial score (nSPS) is 32.2. The lowest BCUT2D eigenvalue weighted by molar-refractivity contribution is -0.177. The molecule has 1 heterocycles. The van der Waals surface area contributed by atoms with Crippen molar-refractivity contribution in [3.63, 3.8) is 0 Å². The average Bonchev–Trinajstić information content (AvgIpc) is 3.24. The van der Waals surface area contributed by atoms with E-state index in [-0.39, 0.29) is 17.6 Å². The first-order chi connectivity index (χ1) is 13.9. The first kappa shape index (κ1) is 21.2. The zero-order valence-corrected chi connectivity index (χ0v) is 16.7. The molecule has 4 rings (SSSR count). The van der Waals surface area contributed by atoms with Crippen molar-refractivity contribution < 1.29 is 50.3 Å². The number of esters is 3. The zero-order valence-electron chi connectivity index (χ0n) is 15.9. The molecule has 4 aliphatic rings. The molecule has 2 bridgehead atoms. The van der Waals surface area contributed by atoms with E-state index in [9.17, 15) is 31.6 Å². The highest BCUT2D eigenvalue weighted by atomic mass is 32.2. The van der Waals surface area contributed by atoms with Crippen molar-refractivity contribution in [2.75, 3.05) is 0 Å². The predicted octanol–water partition coefficient (Wildman–Crippen LogP) is 1.52. The molecule has 0 aromatic rings. The first-order valence-corrected chi connectivity index (χ1v) is 11.0. The van der Waals surface area contributed by atoms with E-state index in [0.29, 0.717) is 12.8 Å². The number of hydrogen-bond acceptors (Lipinski definition) is 8. The molecule has 9 nitrogen and oxygen atoms in total. The molecule has 3 aliphatic carbocycles. The Balaban J connectivity index is 1.58. The molecule has 0 radical (unpaired) electrons. The number of alkyl halides is 2. The lowest BCUT2D eigenvalue weighted by Gasteiger charge is -2.34. The third-order valence-corrected chi connectivity index (χ3v) is 7.21. The molecule has 2 saturated carbocycles. The Bertz CT molecular complexity index is 949. The predicted molar refractivity (Wildman–Crippen MR) is 92.5 cm³/mol. The van der Waals surface area contributed by atoms with Crippen molar-refractivity contribution in [3.8, 4) is 0 Å². The van der Waals surface area contributed by atoms with Crippen LogP contribution in [0.3, 0.4) is 0 Å². The Hall–Kier alpha value is -2.08. The molecule has 166 valence electrons. The Labute approximate surface area is 170 Å². The maximum absolute atomic E-state index is 13.6. The Morgan fingerprint density at radius 3 is 2.43 bits per heavy atom. The number of ether oxygens (including phenoxy) is 3. The van der Waals surface area contributed by atoms with Crippen LogP contribution in [0.5, 0.6) is 0 Å². The molecule has 4 unspecified atom stereocenters. The van der Waals surface area contributed by atoms with Gasteiger partial charge in [0, 0.05) is 11.8 Å². The van der Waals surface area contributed by atoms with Crippen LogP contribution in [-0.2, 0) is 38.7 Å². The van der Waals surface area contributed by atoms with Gasteiger partial charge in [-0.25, -0.2) is 14.4 Å². The zero-order chi connectivity index (χ0) is 22.1. The van der Waals surface area contributed by atoms with Gasteiger partial charge in [-0.2, -0.15) is 17.2 Å². The van der Waals surface area contributed by atoms with E-state index < -0.39 is 62.9 Å². The fraction of sp³-hybridized carbons (Fsp3) is 0.722. The van der Waals surface area contributed by atoms with Crippen molar-refractivity contribution >= 4 is 28.0 Å². The largest absolute Gasteiger partial charge is 0.465 e. The highest BCUT2D eigenvalue weighted by molar-refractivity contribution is 7.87. The topological polar surface area (TPSA) is 133 Å². The van der Waals surface area contributed by atoms with Crippen molar-refractivity contribution in [1.29, 1.82) is 0 Å². The maximum atomic E-state index is 13.6. The summed E-state index contributed by atoms with van der Waals surface area (Å²) >= 11 is 0. The van der Waals surface area contributed by atoms with Crippen molar-refractivity contribution in [2.24, 2.45) is 11.8 Å². The highest BCUT2D eigenvalue weighted by Gasteiger charge is 2.66. The molecule has 30 heavy (non-hydrogen) atoms. The van der Waals surface area contributed by atoms with Gasteiger partial charge in [0.15, 0.2) is 0 Å². The van der Waals surface area contributed by atoms with Crippen LogP contribution < -0.4 is 0 Å².